The van der Waals surface area contributed by atoms with Gasteiger partial charge < -0.3 is 9.73 Å². The zero-order valence-corrected chi connectivity index (χ0v) is 17.1. The molecule has 1 aromatic heterocycles. The molecule has 3 rings (SSSR count). The lowest BCUT2D eigenvalue weighted by atomic mass is 10.1. The van der Waals surface area contributed by atoms with E-state index >= 15 is 0 Å². The molecule has 31 heavy (non-hydrogen) atoms. The molecule has 1 saturated heterocycles. The van der Waals surface area contributed by atoms with Crippen LogP contribution in [0.15, 0.2) is 28.9 Å². The van der Waals surface area contributed by atoms with Crippen LogP contribution in [0.5, 0.6) is 0 Å². The topological polar surface area (TPSA) is 122 Å². The minimum Gasteiger partial charge on any atom is -0.431 e. The summed E-state index contributed by atoms with van der Waals surface area (Å²) >= 11 is 0. The van der Waals surface area contributed by atoms with Crippen molar-refractivity contribution in [3.63, 3.8) is 0 Å². The second-order valence-electron chi connectivity index (χ2n) is 6.92. The van der Waals surface area contributed by atoms with Crippen molar-refractivity contribution in [3.8, 4) is 0 Å². The smallest absolute Gasteiger partial charge is 0.416 e. The Kier molecular flexibility index (Phi) is 6.36. The second kappa shape index (κ2) is 8.67. The molecular weight excluding hydrogens is 441 g/mol. The predicted molar refractivity (Wildman–Crippen MR) is 103 cm³/mol. The molecule has 0 atom stereocenters. The van der Waals surface area contributed by atoms with Gasteiger partial charge >= 0.3 is 16.4 Å². The lowest BCUT2D eigenvalue weighted by molar-refractivity contribution is -0.137. The Labute approximate surface area is 175 Å². The van der Waals surface area contributed by atoms with E-state index in [0.29, 0.717) is 12.0 Å². The van der Waals surface area contributed by atoms with Gasteiger partial charge in [0.1, 0.15) is 12.0 Å². The van der Waals surface area contributed by atoms with E-state index in [-0.39, 0.29) is 49.1 Å². The van der Waals surface area contributed by atoms with Crippen LogP contribution in [0.1, 0.15) is 40.9 Å². The molecule has 1 amide bonds. The van der Waals surface area contributed by atoms with Crippen molar-refractivity contribution < 1.29 is 35.6 Å². The summed E-state index contributed by atoms with van der Waals surface area (Å²) in [7, 11) is -4.20. The fraction of sp³-hybridized carbons (Fsp3) is 0.389. The first-order valence-corrected chi connectivity index (χ1v) is 10.6. The molecule has 9 nitrogen and oxygen atoms in total. The van der Waals surface area contributed by atoms with E-state index < -0.39 is 27.9 Å². The number of oxazole rings is 1. The number of nitrogens with one attached hydrogen (secondary N) is 2. The molecule has 2 aromatic rings. The number of Topliss-reactive ketones (excluding diaryl/α,β-unsaturated/α-hetero) is 1. The summed E-state index contributed by atoms with van der Waals surface area (Å²) in [5.41, 5.74) is -0.741. The third kappa shape index (κ3) is 5.61. The van der Waals surface area contributed by atoms with Crippen LogP contribution in [0.3, 0.4) is 0 Å². The van der Waals surface area contributed by atoms with E-state index in [1.54, 1.807) is 6.92 Å². The van der Waals surface area contributed by atoms with Crippen LogP contribution in [0.4, 0.5) is 24.9 Å². The van der Waals surface area contributed by atoms with Crippen LogP contribution >= 0.6 is 0 Å². The van der Waals surface area contributed by atoms with Crippen LogP contribution in [-0.4, -0.2) is 42.5 Å². The highest BCUT2D eigenvalue weighted by Crippen LogP contribution is 2.33. The number of benzene rings is 1. The van der Waals surface area contributed by atoms with Gasteiger partial charge in [0.05, 0.1) is 5.56 Å². The number of anilines is 2. The number of halogens is 3. The fourth-order valence-corrected chi connectivity index (χ4v) is 4.07. The van der Waals surface area contributed by atoms with E-state index in [2.05, 4.69) is 10.3 Å². The second-order valence-corrected chi connectivity index (χ2v) is 8.59. The summed E-state index contributed by atoms with van der Waals surface area (Å²) in [5.74, 6) is -1.13. The van der Waals surface area contributed by atoms with Gasteiger partial charge in [-0.3, -0.25) is 9.59 Å². The number of carbonyl (C=O) groups excluding carboxylic acids is 2. The largest absolute Gasteiger partial charge is 0.431 e. The molecule has 168 valence electrons. The Morgan fingerprint density at radius 3 is 2.68 bits per heavy atom. The molecule has 0 saturated carbocycles. The summed E-state index contributed by atoms with van der Waals surface area (Å²) in [6.07, 6.45) is -2.99. The molecule has 0 aliphatic carbocycles. The first-order valence-electron chi connectivity index (χ1n) is 9.20. The number of rotatable bonds is 5. The maximum absolute atomic E-state index is 12.9. The van der Waals surface area contributed by atoms with Gasteiger partial charge in [-0.25, -0.2) is 4.72 Å². The minimum absolute atomic E-state index is 0.0398. The zero-order valence-electron chi connectivity index (χ0n) is 16.3. The number of ketones is 1. The number of hydrogen-bond acceptors (Lipinski definition) is 7. The minimum atomic E-state index is -4.54. The average Bonchev–Trinajstić information content (AvgIpc) is 3.02. The van der Waals surface area contributed by atoms with Gasteiger partial charge in [-0.15, -0.1) is 0 Å². The van der Waals surface area contributed by atoms with Crippen molar-refractivity contribution in [2.75, 3.05) is 18.4 Å². The first-order chi connectivity index (χ1) is 14.5. The van der Waals surface area contributed by atoms with Crippen LogP contribution in [0.25, 0.3) is 0 Å². The molecule has 2 N–H and O–H groups in total. The van der Waals surface area contributed by atoms with E-state index in [1.165, 1.54) is 6.07 Å². The Morgan fingerprint density at radius 2 is 1.97 bits per heavy atom. The Balaban J connectivity index is 1.71. The molecule has 13 heteroatoms. The Morgan fingerprint density at radius 1 is 1.23 bits per heavy atom. The third-order valence-corrected chi connectivity index (χ3v) is 6.10. The molecule has 0 radical (unpaired) electrons. The quantitative estimate of drug-likeness (QED) is 0.704. The summed E-state index contributed by atoms with van der Waals surface area (Å²) in [4.78, 5) is 27.5. The first kappa shape index (κ1) is 22.7. The molecular formula is C18H19F3N4O5S. The van der Waals surface area contributed by atoms with Gasteiger partial charge in [-0.05, 0) is 31.0 Å². The molecule has 1 aromatic carbocycles. The Hall–Kier alpha value is -2.93. The highest BCUT2D eigenvalue weighted by Gasteiger charge is 2.31. The number of amides is 1. The highest BCUT2D eigenvalue weighted by molar-refractivity contribution is 7.87. The summed E-state index contributed by atoms with van der Waals surface area (Å²) in [6.45, 7) is 1.62. The highest BCUT2D eigenvalue weighted by atomic mass is 32.2. The number of carbonyl (C=O) groups is 2. The van der Waals surface area contributed by atoms with Crippen molar-refractivity contribution in [2.24, 2.45) is 0 Å². The maximum atomic E-state index is 12.9. The SMILES string of the molecule is Cc1ccc(C(F)(F)F)cc1Nc1nc(C(=O)NS(=O)(=O)N2CCCC(=O)CC2)co1. The molecule has 1 fully saturated rings. The van der Waals surface area contributed by atoms with Crippen molar-refractivity contribution in [1.29, 1.82) is 0 Å². The maximum Gasteiger partial charge on any atom is 0.416 e. The van der Waals surface area contributed by atoms with Crippen LogP contribution in [0, 0.1) is 6.92 Å². The zero-order chi connectivity index (χ0) is 22.8. The number of hydrogen-bond donors (Lipinski definition) is 2. The fourth-order valence-electron chi connectivity index (χ4n) is 2.90. The summed E-state index contributed by atoms with van der Waals surface area (Å²) < 4.78 is 71.4. The lowest BCUT2D eigenvalue weighted by Crippen LogP contribution is -2.44. The van der Waals surface area contributed by atoms with Gasteiger partial charge in [0.25, 0.3) is 11.9 Å². The number of nitrogens with zero attached hydrogens (tertiary/aromatic N) is 2. The monoisotopic (exact) mass is 460 g/mol. The van der Waals surface area contributed by atoms with Crippen molar-refractivity contribution in [1.82, 2.24) is 14.0 Å². The van der Waals surface area contributed by atoms with Gasteiger partial charge in [0.15, 0.2) is 5.69 Å². The molecule has 0 spiro atoms. The molecule has 2 heterocycles. The van der Waals surface area contributed by atoms with Crippen molar-refractivity contribution >= 4 is 33.6 Å². The van der Waals surface area contributed by atoms with E-state index in [4.69, 9.17) is 4.42 Å². The van der Waals surface area contributed by atoms with E-state index in [9.17, 15) is 31.2 Å². The standard InChI is InChI=1S/C18H19F3N4O5S/c1-11-4-5-12(18(19,20)21)9-14(11)22-17-23-15(10-30-17)16(27)24-31(28,29)25-7-2-3-13(26)6-8-25/h4-5,9-10H,2-3,6-8H2,1H3,(H,22,23)(H,24,27). The molecule has 0 unspecified atom stereocenters. The number of aromatic nitrogens is 1. The van der Waals surface area contributed by atoms with Crippen LogP contribution < -0.4 is 10.0 Å². The predicted octanol–water partition coefficient (Wildman–Crippen LogP) is 2.78. The van der Waals surface area contributed by atoms with Crippen molar-refractivity contribution in [3.05, 3.63) is 41.3 Å². The average molecular weight is 460 g/mol. The summed E-state index contributed by atoms with van der Waals surface area (Å²) in [6, 6.07) is 2.77. The van der Waals surface area contributed by atoms with E-state index in [1.807, 2.05) is 4.72 Å². The van der Waals surface area contributed by atoms with Gasteiger partial charge in [-0.2, -0.15) is 30.9 Å². The summed E-state index contributed by atoms with van der Waals surface area (Å²) in [5, 5.41) is 2.54. The van der Waals surface area contributed by atoms with Gasteiger partial charge in [0.2, 0.25) is 0 Å². The Bertz CT molecular complexity index is 1100. The molecule has 1 aliphatic rings. The van der Waals surface area contributed by atoms with Gasteiger partial charge in [0, 0.05) is 31.6 Å². The van der Waals surface area contributed by atoms with Gasteiger partial charge in [-0.1, -0.05) is 6.07 Å². The lowest BCUT2D eigenvalue weighted by Gasteiger charge is -2.19. The van der Waals surface area contributed by atoms with Crippen LogP contribution in [0.2, 0.25) is 0 Å². The normalized spacial score (nSPS) is 16.1. The third-order valence-electron chi connectivity index (χ3n) is 4.61. The molecule has 0 bridgehead atoms. The molecule has 1 aliphatic heterocycles. The number of alkyl halides is 3. The van der Waals surface area contributed by atoms with E-state index in [0.717, 1.165) is 22.7 Å². The van der Waals surface area contributed by atoms with Crippen molar-refractivity contribution in [2.45, 2.75) is 32.4 Å². The van der Waals surface area contributed by atoms with Crippen LogP contribution in [-0.2, 0) is 21.2 Å². The number of aryl methyl sites for hydroxylation is 1.